The molecular formula is C10H10F2O2. The monoisotopic (exact) mass is 200 g/mol. The van der Waals surface area contributed by atoms with E-state index < -0.39 is 23.2 Å². The van der Waals surface area contributed by atoms with Gasteiger partial charge in [0.15, 0.2) is 0 Å². The summed E-state index contributed by atoms with van der Waals surface area (Å²) in [6.07, 6.45) is 0. The van der Waals surface area contributed by atoms with E-state index in [-0.39, 0.29) is 12.2 Å². The van der Waals surface area contributed by atoms with Crippen LogP contribution in [-0.2, 0) is 4.74 Å². The molecule has 0 aliphatic rings. The summed E-state index contributed by atoms with van der Waals surface area (Å²) in [5, 5.41) is 0. The van der Waals surface area contributed by atoms with E-state index >= 15 is 0 Å². The molecule has 4 heteroatoms. The Balaban J connectivity index is 3.18. The predicted octanol–water partition coefficient (Wildman–Crippen LogP) is 2.45. The van der Waals surface area contributed by atoms with Gasteiger partial charge in [0.1, 0.15) is 17.2 Å². The molecule has 1 aromatic rings. The fraction of sp³-hybridized carbons (Fsp3) is 0.300. The van der Waals surface area contributed by atoms with Gasteiger partial charge in [0, 0.05) is 0 Å². The topological polar surface area (TPSA) is 26.3 Å². The van der Waals surface area contributed by atoms with E-state index in [0.717, 1.165) is 6.07 Å². The lowest BCUT2D eigenvalue weighted by Gasteiger charge is -2.05. The van der Waals surface area contributed by atoms with Gasteiger partial charge in [-0.25, -0.2) is 13.6 Å². The molecule has 1 rings (SSSR count). The molecule has 0 heterocycles. The minimum Gasteiger partial charge on any atom is -0.462 e. The fourth-order valence-electron chi connectivity index (χ4n) is 1.05. The molecule has 0 spiro atoms. The molecular weight excluding hydrogens is 190 g/mol. The number of hydrogen-bond acceptors (Lipinski definition) is 2. The Morgan fingerprint density at radius 1 is 1.43 bits per heavy atom. The second kappa shape index (κ2) is 4.17. The van der Waals surface area contributed by atoms with Gasteiger partial charge in [0.2, 0.25) is 0 Å². The van der Waals surface area contributed by atoms with Gasteiger partial charge in [-0.2, -0.15) is 0 Å². The van der Waals surface area contributed by atoms with Gasteiger partial charge in [0.05, 0.1) is 6.61 Å². The summed E-state index contributed by atoms with van der Waals surface area (Å²) in [4.78, 5) is 11.1. The van der Waals surface area contributed by atoms with Crippen LogP contribution in [0, 0.1) is 18.6 Å². The highest BCUT2D eigenvalue weighted by Gasteiger charge is 2.19. The van der Waals surface area contributed by atoms with Crippen molar-refractivity contribution in [3.05, 3.63) is 34.9 Å². The Morgan fingerprint density at radius 3 is 2.64 bits per heavy atom. The average molecular weight is 200 g/mol. The number of halogens is 2. The molecule has 0 fully saturated rings. The minimum atomic E-state index is -0.966. The lowest BCUT2D eigenvalue weighted by Crippen LogP contribution is -2.10. The Hall–Kier alpha value is -1.45. The standard InChI is InChI=1S/C10H10F2O2/c1-3-14-10(13)8-7(11)5-4-6(2)9(8)12/h4-5H,3H2,1-2H3. The number of rotatable bonds is 2. The van der Waals surface area contributed by atoms with Crippen LogP contribution in [0.5, 0.6) is 0 Å². The van der Waals surface area contributed by atoms with Crippen LogP contribution in [0.3, 0.4) is 0 Å². The van der Waals surface area contributed by atoms with Crippen molar-refractivity contribution in [1.29, 1.82) is 0 Å². The van der Waals surface area contributed by atoms with Crippen molar-refractivity contribution in [2.24, 2.45) is 0 Å². The first-order chi connectivity index (χ1) is 6.57. The first-order valence-corrected chi connectivity index (χ1v) is 4.19. The second-order valence-electron chi connectivity index (χ2n) is 2.77. The molecule has 0 radical (unpaired) electrons. The van der Waals surface area contributed by atoms with Crippen molar-refractivity contribution in [3.63, 3.8) is 0 Å². The van der Waals surface area contributed by atoms with Gasteiger partial charge in [-0.3, -0.25) is 0 Å². The van der Waals surface area contributed by atoms with Gasteiger partial charge < -0.3 is 4.74 Å². The van der Waals surface area contributed by atoms with Crippen LogP contribution in [-0.4, -0.2) is 12.6 Å². The van der Waals surface area contributed by atoms with E-state index in [2.05, 4.69) is 4.74 Å². The highest BCUT2D eigenvalue weighted by molar-refractivity contribution is 5.90. The van der Waals surface area contributed by atoms with Crippen LogP contribution in [0.1, 0.15) is 22.8 Å². The van der Waals surface area contributed by atoms with Crippen molar-refractivity contribution in [3.8, 4) is 0 Å². The molecule has 0 atom stereocenters. The molecule has 0 aliphatic carbocycles. The van der Waals surface area contributed by atoms with Crippen molar-refractivity contribution in [2.45, 2.75) is 13.8 Å². The molecule has 0 amide bonds. The number of aryl methyl sites for hydroxylation is 1. The third-order valence-corrected chi connectivity index (χ3v) is 1.76. The van der Waals surface area contributed by atoms with Crippen molar-refractivity contribution >= 4 is 5.97 Å². The lowest BCUT2D eigenvalue weighted by molar-refractivity contribution is 0.0515. The number of esters is 1. The fourth-order valence-corrected chi connectivity index (χ4v) is 1.05. The van der Waals surface area contributed by atoms with Crippen LogP contribution in [0.4, 0.5) is 8.78 Å². The molecule has 14 heavy (non-hydrogen) atoms. The third-order valence-electron chi connectivity index (χ3n) is 1.76. The van der Waals surface area contributed by atoms with Crippen LogP contribution < -0.4 is 0 Å². The highest BCUT2D eigenvalue weighted by atomic mass is 19.1. The first-order valence-electron chi connectivity index (χ1n) is 4.19. The summed E-state index contributed by atoms with van der Waals surface area (Å²) in [6, 6.07) is 2.32. The smallest absolute Gasteiger partial charge is 0.344 e. The molecule has 2 nitrogen and oxygen atoms in total. The molecule has 0 saturated carbocycles. The van der Waals surface area contributed by atoms with E-state index in [0.29, 0.717) is 0 Å². The number of carbonyl (C=O) groups excluding carboxylic acids is 1. The van der Waals surface area contributed by atoms with Crippen LogP contribution in [0.15, 0.2) is 12.1 Å². The highest BCUT2D eigenvalue weighted by Crippen LogP contribution is 2.17. The van der Waals surface area contributed by atoms with E-state index in [1.807, 2.05) is 0 Å². The maximum absolute atomic E-state index is 13.3. The van der Waals surface area contributed by atoms with Crippen LogP contribution in [0.25, 0.3) is 0 Å². The lowest BCUT2D eigenvalue weighted by atomic mass is 10.1. The Labute approximate surface area is 80.5 Å². The molecule has 0 N–H and O–H groups in total. The Bertz CT molecular complexity index is 361. The Kier molecular flexibility index (Phi) is 3.17. The van der Waals surface area contributed by atoms with Gasteiger partial charge >= 0.3 is 5.97 Å². The molecule has 0 bridgehead atoms. The van der Waals surface area contributed by atoms with Crippen molar-refractivity contribution < 1.29 is 18.3 Å². The summed E-state index contributed by atoms with van der Waals surface area (Å²) < 4.78 is 30.9. The summed E-state index contributed by atoms with van der Waals surface area (Å²) in [5.41, 5.74) is -0.402. The molecule has 0 unspecified atom stereocenters. The predicted molar refractivity (Wildman–Crippen MR) is 47.1 cm³/mol. The van der Waals surface area contributed by atoms with Gasteiger partial charge in [-0.05, 0) is 25.5 Å². The van der Waals surface area contributed by atoms with Gasteiger partial charge in [-0.1, -0.05) is 6.07 Å². The van der Waals surface area contributed by atoms with E-state index in [1.54, 1.807) is 6.92 Å². The maximum Gasteiger partial charge on any atom is 0.344 e. The number of carbonyl (C=O) groups is 1. The SMILES string of the molecule is CCOC(=O)c1c(F)ccc(C)c1F. The van der Waals surface area contributed by atoms with E-state index in [9.17, 15) is 13.6 Å². The molecule has 0 aliphatic heterocycles. The summed E-state index contributed by atoms with van der Waals surface area (Å²) in [5.74, 6) is -2.72. The zero-order chi connectivity index (χ0) is 10.7. The maximum atomic E-state index is 13.3. The van der Waals surface area contributed by atoms with Crippen molar-refractivity contribution in [1.82, 2.24) is 0 Å². The zero-order valence-electron chi connectivity index (χ0n) is 7.93. The molecule has 0 aromatic heterocycles. The zero-order valence-corrected chi connectivity index (χ0v) is 7.93. The summed E-state index contributed by atoms with van der Waals surface area (Å²) in [6.45, 7) is 3.12. The van der Waals surface area contributed by atoms with E-state index in [1.165, 1.54) is 13.0 Å². The molecule has 76 valence electrons. The summed E-state index contributed by atoms with van der Waals surface area (Å²) >= 11 is 0. The second-order valence-corrected chi connectivity index (χ2v) is 2.77. The molecule has 1 aromatic carbocycles. The van der Waals surface area contributed by atoms with Crippen LogP contribution in [0.2, 0.25) is 0 Å². The van der Waals surface area contributed by atoms with Gasteiger partial charge in [-0.15, -0.1) is 0 Å². The average Bonchev–Trinajstić information content (AvgIpc) is 2.13. The number of benzene rings is 1. The van der Waals surface area contributed by atoms with Crippen molar-refractivity contribution in [2.75, 3.05) is 6.61 Å². The largest absolute Gasteiger partial charge is 0.462 e. The normalized spacial score (nSPS) is 10.0. The first kappa shape index (κ1) is 10.6. The summed E-state index contributed by atoms with van der Waals surface area (Å²) in [7, 11) is 0. The third kappa shape index (κ3) is 1.89. The minimum absolute atomic E-state index is 0.0889. The quantitative estimate of drug-likeness (QED) is 0.685. The van der Waals surface area contributed by atoms with Gasteiger partial charge in [0.25, 0.3) is 0 Å². The molecule has 0 saturated heterocycles. The number of hydrogen-bond donors (Lipinski definition) is 0. The number of ether oxygens (including phenoxy) is 1. The Morgan fingerprint density at radius 2 is 2.07 bits per heavy atom. The van der Waals surface area contributed by atoms with Crippen LogP contribution >= 0.6 is 0 Å². The van der Waals surface area contributed by atoms with E-state index in [4.69, 9.17) is 0 Å².